The molecular formula is C22H25NO2. The lowest BCUT2D eigenvalue weighted by molar-refractivity contribution is -0.123. The zero-order valence-electron chi connectivity index (χ0n) is 14.6. The molecule has 3 aliphatic carbocycles. The Morgan fingerprint density at radius 2 is 1.24 bits per heavy atom. The fraction of sp³-hybridized carbons (Fsp3) is 0.545. The molecule has 1 aromatic carbocycles. The normalized spacial score (nSPS) is 34.6. The molecule has 3 fully saturated rings. The van der Waals surface area contributed by atoms with Crippen LogP contribution in [0.2, 0.25) is 0 Å². The second-order valence-corrected chi connectivity index (χ2v) is 8.15. The molecule has 0 spiro atoms. The van der Waals surface area contributed by atoms with E-state index in [4.69, 9.17) is 0 Å². The Labute approximate surface area is 149 Å². The largest absolute Gasteiger partial charge is 0.274 e. The van der Waals surface area contributed by atoms with E-state index >= 15 is 0 Å². The highest BCUT2D eigenvalue weighted by atomic mass is 16.2. The number of rotatable bonds is 1. The van der Waals surface area contributed by atoms with Crippen molar-refractivity contribution in [3.05, 3.63) is 41.5 Å². The van der Waals surface area contributed by atoms with Crippen molar-refractivity contribution in [2.75, 3.05) is 4.90 Å². The van der Waals surface area contributed by atoms with Crippen LogP contribution in [-0.4, -0.2) is 11.8 Å². The molecule has 2 amide bonds. The lowest BCUT2D eigenvalue weighted by Gasteiger charge is -2.44. The van der Waals surface area contributed by atoms with Crippen molar-refractivity contribution in [1.29, 1.82) is 0 Å². The van der Waals surface area contributed by atoms with Crippen LogP contribution in [0.4, 0.5) is 5.69 Å². The topological polar surface area (TPSA) is 37.4 Å². The third-order valence-electron chi connectivity index (χ3n) is 7.01. The van der Waals surface area contributed by atoms with Crippen molar-refractivity contribution < 1.29 is 9.59 Å². The predicted octanol–water partition coefficient (Wildman–Crippen LogP) is 4.48. The van der Waals surface area contributed by atoms with Crippen LogP contribution < -0.4 is 4.90 Å². The number of amides is 2. The van der Waals surface area contributed by atoms with E-state index in [0.29, 0.717) is 11.8 Å². The summed E-state index contributed by atoms with van der Waals surface area (Å²) in [6.45, 7) is 0. The number of hydrogen-bond acceptors (Lipinski definition) is 2. The lowest BCUT2D eigenvalue weighted by atomic mass is 9.58. The van der Waals surface area contributed by atoms with E-state index in [1.807, 2.05) is 30.3 Å². The summed E-state index contributed by atoms with van der Waals surface area (Å²) in [6, 6.07) is 9.54. The molecule has 1 saturated heterocycles. The summed E-state index contributed by atoms with van der Waals surface area (Å²) in [5, 5.41) is 0. The van der Waals surface area contributed by atoms with Gasteiger partial charge in [0.25, 0.3) is 0 Å². The Balaban J connectivity index is 1.61. The first-order valence-electron chi connectivity index (χ1n) is 9.92. The molecule has 1 aliphatic heterocycles. The van der Waals surface area contributed by atoms with E-state index in [0.717, 1.165) is 31.4 Å². The summed E-state index contributed by atoms with van der Waals surface area (Å²) in [6.07, 6.45) is 9.40. The van der Waals surface area contributed by atoms with Gasteiger partial charge in [0.1, 0.15) is 0 Å². The number of nitrogens with zero attached hydrogens (tertiary/aromatic N) is 1. The Morgan fingerprint density at radius 1 is 0.720 bits per heavy atom. The summed E-state index contributed by atoms with van der Waals surface area (Å²) >= 11 is 0. The van der Waals surface area contributed by atoms with Crippen LogP contribution in [0.25, 0.3) is 0 Å². The van der Waals surface area contributed by atoms with Gasteiger partial charge in [-0.05, 0) is 62.5 Å². The van der Waals surface area contributed by atoms with E-state index in [-0.39, 0.29) is 23.7 Å². The number of benzene rings is 1. The van der Waals surface area contributed by atoms with E-state index < -0.39 is 0 Å². The number of fused-ring (bicyclic) bond motifs is 5. The minimum atomic E-state index is -0.102. The van der Waals surface area contributed by atoms with Gasteiger partial charge in [0, 0.05) is 0 Å². The summed E-state index contributed by atoms with van der Waals surface area (Å²) in [7, 11) is 0. The van der Waals surface area contributed by atoms with Crippen LogP contribution in [-0.2, 0) is 9.59 Å². The van der Waals surface area contributed by atoms with Gasteiger partial charge in [-0.2, -0.15) is 0 Å². The number of anilines is 1. The summed E-state index contributed by atoms with van der Waals surface area (Å²) in [5.74, 6) is 0.580. The van der Waals surface area contributed by atoms with E-state index in [2.05, 4.69) is 0 Å². The number of carbonyl (C=O) groups is 2. The first kappa shape index (κ1) is 15.4. The van der Waals surface area contributed by atoms with Crippen molar-refractivity contribution in [3.63, 3.8) is 0 Å². The van der Waals surface area contributed by atoms with Crippen molar-refractivity contribution in [2.24, 2.45) is 23.7 Å². The molecule has 1 aromatic rings. The molecule has 5 rings (SSSR count). The van der Waals surface area contributed by atoms with Crippen molar-refractivity contribution in [3.8, 4) is 0 Å². The van der Waals surface area contributed by atoms with Gasteiger partial charge in [0.15, 0.2) is 0 Å². The summed E-state index contributed by atoms with van der Waals surface area (Å²) in [5.41, 5.74) is 3.91. The highest BCUT2D eigenvalue weighted by Crippen LogP contribution is 2.56. The molecule has 130 valence electrons. The smallest absolute Gasteiger partial charge is 0.238 e. The van der Waals surface area contributed by atoms with Crippen LogP contribution in [0.5, 0.6) is 0 Å². The maximum Gasteiger partial charge on any atom is 0.238 e. The lowest BCUT2D eigenvalue weighted by Crippen LogP contribution is -2.41. The monoisotopic (exact) mass is 335 g/mol. The zero-order valence-corrected chi connectivity index (χ0v) is 14.6. The summed E-state index contributed by atoms with van der Waals surface area (Å²) in [4.78, 5) is 28.2. The second kappa shape index (κ2) is 5.82. The maximum absolute atomic E-state index is 13.4. The second-order valence-electron chi connectivity index (χ2n) is 8.15. The van der Waals surface area contributed by atoms with Crippen molar-refractivity contribution >= 4 is 17.5 Å². The standard InChI is InChI=1S/C22H25NO2/c24-21-19-17-12-6-4-10-15(17)16-11-5-7-13-18(16)20(19)22(25)23(21)14-8-2-1-3-9-14/h1-3,8-9,17-20H,4-7,10-13H2/t17-,18+,19-,20-/m0/s1. The third-order valence-corrected chi connectivity index (χ3v) is 7.01. The molecule has 4 aliphatic rings. The first-order valence-corrected chi connectivity index (χ1v) is 9.92. The number of para-hydroxylation sites is 1. The molecule has 0 N–H and O–H groups in total. The van der Waals surface area contributed by atoms with Crippen LogP contribution >= 0.6 is 0 Å². The van der Waals surface area contributed by atoms with Gasteiger partial charge < -0.3 is 0 Å². The molecule has 0 aromatic heterocycles. The molecule has 4 atom stereocenters. The Morgan fingerprint density at radius 3 is 1.76 bits per heavy atom. The van der Waals surface area contributed by atoms with Crippen LogP contribution in [0.1, 0.15) is 51.4 Å². The van der Waals surface area contributed by atoms with E-state index in [1.165, 1.54) is 30.6 Å². The molecule has 25 heavy (non-hydrogen) atoms. The van der Waals surface area contributed by atoms with Crippen molar-refractivity contribution in [1.82, 2.24) is 0 Å². The molecule has 0 bridgehead atoms. The van der Waals surface area contributed by atoms with Gasteiger partial charge in [-0.3, -0.25) is 14.5 Å². The molecule has 0 radical (unpaired) electrons. The minimum Gasteiger partial charge on any atom is -0.274 e. The molecule has 1 heterocycles. The van der Waals surface area contributed by atoms with E-state index in [9.17, 15) is 9.59 Å². The number of carbonyl (C=O) groups excluding carboxylic acids is 2. The maximum atomic E-state index is 13.4. The average molecular weight is 335 g/mol. The number of hydrogen-bond donors (Lipinski definition) is 0. The predicted molar refractivity (Wildman–Crippen MR) is 96.9 cm³/mol. The van der Waals surface area contributed by atoms with Gasteiger partial charge in [-0.25, -0.2) is 0 Å². The Bertz CT molecular complexity index is 707. The van der Waals surface area contributed by atoms with Crippen molar-refractivity contribution in [2.45, 2.75) is 51.4 Å². The van der Waals surface area contributed by atoms with Gasteiger partial charge in [-0.1, -0.05) is 42.2 Å². The van der Waals surface area contributed by atoms with Crippen LogP contribution in [0.15, 0.2) is 41.5 Å². The fourth-order valence-corrected chi connectivity index (χ4v) is 6.06. The third kappa shape index (κ3) is 2.17. The molecule has 0 unspecified atom stereocenters. The minimum absolute atomic E-state index is 0.0650. The fourth-order valence-electron chi connectivity index (χ4n) is 6.06. The Kier molecular flexibility index (Phi) is 3.58. The van der Waals surface area contributed by atoms with Gasteiger partial charge >= 0.3 is 0 Å². The highest BCUT2D eigenvalue weighted by Gasteiger charge is 2.58. The Hall–Kier alpha value is -1.90. The highest BCUT2D eigenvalue weighted by molar-refractivity contribution is 6.22. The van der Waals surface area contributed by atoms with Gasteiger partial charge in [-0.15, -0.1) is 0 Å². The van der Waals surface area contributed by atoms with Crippen LogP contribution in [0, 0.1) is 23.7 Å². The summed E-state index contributed by atoms with van der Waals surface area (Å²) < 4.78 is 0. The molecular weight excluding hydrogens is 310 g/mol. The quantitative estimate of drug-likeness (QED) is 0.560. The number of imide groups is 1. The van der Waals surface area contributed by atoms with Crippen LogP contribution in [0.3, 0.4) is 0 Å². The molecule has 2 saturated carbocycles. The van der Waals surface area contributed by atoms with E-state index in [1.54, 1.807) is 11.1 Å². The van der Waals surface area contributed by atoms with Gasteiger partial charge in [0.2, 0.25) is 11.8 Å². The molecule has 3 nitrogen and oxygen atoms in total. The SMILES string of the molecule is O=C1[C@@H]2[C@@H](C(=O)N1c1ccccc1)[C@H]1CCCCC1=C1CCCC[C@H]12. The average Bonchev–Trinajstić information content (AvgIpc) is 2.94. The first-order chi connectivity index (χ1) is 12.3. The zero-order chi connectivity index (χ0) is 17.0. The van der Waals surface area contributed by atoms with Gasteiger partial charge in [0.05, 0.1) is 17.5 Å². The molecule has 3 heteroatoms. The number of allylic oxidation sites excluding steroid dienone is 2.